The van der Waals surface area contributed by atoms with Gasteiger partial charge >= 0.3 is 0 Å². The average Bonchev–Trinajstić information content (AvgIpc) is 3.33. The van der Waals surface area contributed by atoms with E-state index in [4.69, 9.17) is 11.1 Å². The summed E-state index contributed by atoms with van der Waals surface area (Å²) in [7, 11) is 1.74. The number of hydrogen-bond acceptors (Lipinski definition) is 5. The number of rotatable bonds is 13. The van der Waals surface area contributed by atoms with Gasteiger partial charge in [0.1, 0.15) is 5.65 Å². The fraction of sp³-hybridized carbons (Fsp3) is 0.424. The molecule has 0 atom stereocenters. The topological polar surface area (TPSA) is 91.6 Å². The molecule has 3 rings (SSSR count). The first-order valence-electron chi connectivity index (χ1n) is 14.2. The van der Waals surface area contributed by atoms with Gasteiger partial charge in [0.15, 0.2) is 11.6 Å². The maximum Gasteiger partial charge on any atom is 0.162 e. The quantitative estimate of drug-likeness (QED) is 0.127. The smallest absolute Gasteiger partial charge is 0.162 e. The van der Waals surface area contributed by atoms with Crippen molar-refractivity contribution in [1.29, 1.82) is 5.41 Å². The minimum Gasteiger partial charge on any atom is -0.402 e. The van der Waals surface area contributed by atoms with Crippen molar-refractivity contribution in [2.75, 3.05) is 13.6 Å². The molecule has 0 amide bonds. The molecule has 1 radical (unpaired) electrons. The van der Waals surface area contributed by atoms with E-state index in [1.165, 1.54) is 12.3 Å². The number of benzene rings is 1. The Hall–Kier alpha value is -2.31. The molecule has 0 aliphatic rings. The third-order valence-corrected chi connectivity index (χ3v) is 7.11. The van der Waals surface area contributed by atoms with E-state index in [0.717, 1.165) is 52.3 Å². The fourth-order valence-electron chi connectivity index (χ4n) is 5.04. The second-order valence-electron chi connectivity index (χ2n) is 11.6. The van der Waals surface area contributed by atoms with E-state index < -0.39 is 11.6 Å². The predicted octanol–water partition coefficient (Wildman–Crippen LogP) is 7.04. The zero-order valence-corrected chi connectivity index (χ0v) is 34.6. The number of allylic oxidation sites excluding steroid dienone is 3. The predicted molar refractivity (Wildman–Crippen MR) is 172 cm³/mol. The van der Waals surface area contributed by atoms with Crippen LogP contribution in [0.25, 0.3) is 16.8 Å². The van der Waals surface area contributed by atoms with Crippen molar-refractivity contribution in [3.05, 3.63) is 82.5 Å². The van der Waals surface area contributed by atoms with Crippen LogP contribution in [0.5, 0.6) is 0 Å². The number of imidazole rings is 1. The van der Waals surface area contributed by atoms with E-state index in [9.17, 15) is 4.39 Å². The minimum absolute atomic E-state index is 0. The second-order valence-corrected chi connectivity index (χ2v) is 11.6. The first-order chi connectivity index (χ1) is 19.5. The molecule has 0 saturated carbocycles. The Balaban J connectivity index is 0.00000616. The zero-order valence-electron chi connectivity index (χ0n) is 27.0. The summed E-state index contributed by atoms with van der Waals surface area (Å²) in [4.78, 5) is 8.85. The number of hydrogen-bond donors (Lipinski definition) is 3. The number of pyridine rings is 1. The Morgan fingerprint density at radius 1 is 1.18 bits per heavy atom. The number of aromatic nitrogens is 2. The van der Waals surface area contributed by atoms with Crippen LogP contribution in [0.4, 0.5) is 8.78 Å². The van der Waals surface area contributed by atoms with Gasteiger partial charge in [0, 0.05) is 114 Å². The molecule has 6 nitrogen and oxygen atoms in total. The third kappa shape index (κ3) is 11.2. The van der Waals surface area contributed by atoms with Crippen LogP contribution < -0.4 is 11.1 Å². The zero-order chi connectivity index (χ0) is 30.2. The molecule has 2 heterocycles. The van der Waals surface area contributed by atoms with Gasteiger partial charge in [-0.1, -0.05) is 39.8 Å². The molecule has 0 fully saturated rings. The van der Waals surface area contributed by atoms with Crippen molar-refractivity contribution in [1.82, 2.24) is 14.7 Å². The first-order valence-corrected chi connectivity index (χ1v) is 14.2. The molecule has 0 bridgehead atoms. The van der Waals surface area contributed by atoms with Crippen LogP contribution in [0, 0.1) is 62.8 Å². The van der Waals surface area contributed by atoms with Gasteiger partial charge in [0.25, 0.3) is 0 Å². The summed E-state index contributed by atoms with van der Waals surface area (Å²) >= 11 is 0. The van der Waals surface area contributed by atoms with Gasteiger partial charge in [0.2, 0.25) is 0 Å². The van der Waals surface area contributed by atoms with Crippen LogP contribution in [-0.2, 0) is 13.0 Å². The van der Waals surface area contributed by atoms with Gasteiger partial charge < -0.3 is 20.9 Å². The molecule has 0 aliphatic carbocycles. The molecular formula is C33H44CmF2N6NaSm. The molecule has 0 spiro atoms. The van der Waals surface area contributed by atoms with Crippen molar-refractivity contribution in [3.8, 4) is 11.1 Å². The molecule has 2 aromatic heterocycles. The number of nitrogens with zero attached hydrogens (tertiary/aromatic N) is 3. The van der Waals surface area contributed by atoms with Gasteiger partial charge in [-0.2, -0.15) is 0 Å². The summed E-state index contributed by atoms with van der Waals surface area (Å²) in [5.41, 5.74) is 13.6. The van der Waals surface area contributed by atoms with E-state index in [-0.39, 0.29) is 75.4 Å². The number of fused-ring (bicyclic) bond motifs is 1. The SMILES string of the molecule is CC/C=C(\C=N)CNCc1cnc2ccc(-c3ccc(F)c(F)c3CCC/C(C(C)=NC)=C(/N)CC(C)(C)C)cn12.[Cm].[Na].[Sm]. The summed E-state index contributed by atoms with van der Waals surface area (Å²) < 4.78 is 31.7. The van der Waals surface area contributed by atoms with Crippen molar-refractivity contribution in [2.45, 2.75) is 73.3 Å². The van der Waals surface area contributed by atoms with Crippen molar-refractivity contribution >= 4 is 47.1 Å². The largest absolute Gasteiger partial charge is 0.402 e. The standard InChI is InChI=1S/C33H44F2N6.Cm.Na.Sm/c1-7-9-23(17-36)18-39-19-25-20-40-31-15-12-24(21-41(25)31)27-13-14-29(34)32(35)28(27)11-8-10-26(22(2)38-6)30(37)16-33(3,4)5;;;/h9,12-15,17,20-21,36,39H,7-8,10-11,16,18-19,37H2,1-6H3;;;/b23-9+,30-26-,36-17?,38-22?;;;. The van der Waals surface area contributed by atoms with E-state index in [0.29, 0.717) is 43.5 Å². The molecule has 44 heavy (non-hydrogen) atoms. The van der Waals surface area contributed by atoms with Crippen molar-refractivity contribution in [3.63, 3.8) is 0 Å². The van der Waals surface area contributed by atoms with Crippen LogP contribution in [0.3, 0.4) is 0 Å². The van der Waals surface area contributed by atoms with Gasteiger partial charge in [-0.05, 0) is 90.5 Å². The molecule has 0 unspecified atom stereocenters. The molecular weight excluding hydrogens is 939 g/mol. The molecule has 0 saturated heterocycles. The molecule has 3 aromatic rings. The number of aliphatic imine (C=N–C) groups is 1. The Kier molecular flexibility index (Phi) is 18.2. The van der Waals surface area contributed by atoms with Crippen molar-refractivity contribution in [2.24, 2.45) is 16.1 Å². The van der Waals surface area contributed by atoms with Gasteiger partial charge in [-0.15, -0.1) is 0 Å². The van der Waals surface area contributed by atoms with E-state index in [2.05, 4.69) is 36.1 Å². The summed E-state index contributed by atoms with van der Waals surface area (Å²) in [6, 6.07) is 6.62. The van der Waals surface area contributed by atoms with Gasteiger partial charge in [-0.25, -0.2) is 13.8 Å². The summed E-state index contributed by atoms with van der Waals surface area (Å²) in [5, 5.41) is 10.9. The van der Waals surface area contributed by atoms with Crippen molar-refractivity contribution < 1.29 is 49.2 Å². The maximum absolute atomic E-state index is 15.3. The summed E-state index contributed by atoms with van der Waals surface area (Å²) in [5.74, 6) is -1.67. The van der Waals surface area contributed by atoms with E-state index in [1.54, 1.807) is 19.3 Å². The maximum atomic E-state index is 15.3. The molecule has 235 valence electrons. The number of nitrogens with one attached hydrogen (secondary N) is 2. The molecule has 0 aliphatic heterocycles. The normalized spacial score (nSPS) is 12.6. The molecule has 1 aromatic carbocycles. The van der Waals surface area contributed by atoms with Gasteiger partial charge in [0.05, 0.1) is 11.9 Å². The van der Waals surface area contributed by atoms with E-state index in [1.807, 2.05) is 42.7 Å². The summed E-state index contributed by atoms with van der Waals surface area (Å²) in [6.45, 7) is 11.5. The third-order valence-electron chi connectivity index (χ3n) is 7.11. The van der Waals surface area contributed by atoms with Crippen LogP contribution in [0.1, 0.15) is 71.6 Å². The fourth-order valence-corrected chi connectivity index (χ4v) is 5.04. The van der Waals surface area contributed by atoms with Crippen LogP contribution in [0.15, 0.2) is 64.6 Å². The monoisotopic (exact) mass is 980 g/mol. The minimum atomic E-state index is -0.853. The molecule has 11 heteroatoms. The molecule has 4 N–H and O–H groups in total. The van der Waals surface area contributed by atoms with E-state index >= 15 is 4.39 Å². The Bertz CT molecular complexity index is 1480. The average molecular weight is 983 g/mol. The Labute approximate surface area is 310 Å². The number of halogens is 2. The van der Waals surface area contributed by atoms with Crippen LogP contribution in [0.2, 0.25) is 0 Å². The number of nitrogens with two attached hydrogens (primary N) is 1. The summed E-state index contributed by atoms with van der Waals surface area (Å²) in [6.07, 6.45) is 10.3. The Morgan fingerprint density at radius 3 is 2.50 bits per heavy atom. The van der Waals surface area contributed by atoms with Crippen LogP contribution >= 0.6 is 0 Å². The second kappa shape index (κ2) is 19.3. The Morgan fingerprint density at radius 2 is 1.89 bits per heavy atom. The first kappa shape index (κ1) is 41.7. The van der Waals surface area contributed by atoms with Gasteiger partial charge in [-0.3, -0.25) is 4.99 Å². The van der Waals surface area contributed by atoms with Crippen LogP contribution in [-0.4, -0.2) is 64.5 Å².